The number of carbonyl (C=O) groups is 2. The largest absolute Gasteiger partial charge is 0.481 e. The number of carboxylic acid groups (broad SMARTS) is 1. The number of aliphatic carboxylic acids is 1. The first-order valence-corrected chi connectivity index (χ1v) is 11.0. The maximum Gasteiger partial charge on any atom is 0.306 e. The number of benzene rings is 1. The summed E-state index contributed by atoms with van der Waals surface area (Å²) in [6, 6.07) is 5.01. The first kappa shape index (κ1) is 19.9. The molecule has 1 amide bonds. The number of rotatable bonds is 5. The van der Waals surface area contributed by atoms with Crippen molar-refractivity contribution in [2.24, 2.45) is 5.92 Å². The molecule has 0 aromatic heterocycles. The summed E-state index contributed by atoms with van der Waals surface area (Å²) in [7, 11) is -3.85. The van der Waals surface area contributed by atoms with Crippen molar-refractivity contribution in [2.45, 2.75) is 74.5 Å². The second-order valence-corrected chi connectivity index (χ2v) is 10.2. The van der Waals surface area contributed by atoms with Gasteiger partial charge in [-0.15, -0.1) is 0 Å². The Kier molecular flexibility index (Phi) is 5.34. The van der Waals surface area contributed by atoms with Crippen molar-refractivity contribution in [3.8, 4) is 0 Å². The van der Waals surface area contributed by atoms with E-state index >= 15 is 0 Å². The van der Waals surface area contributed by atoms with Crippen molar-refractivity contribution in [1.82, 2.24) is 5.32 Å². The highest BCUT2D eigenvalue weighted by molar-refractivity contribution is 7.93. The first-order chi connectivity index (χ1) is 12.7. The second-order valence-electron chi connectivity index (χ2n) is 7.99. The van der Waals surface area contributed by atoms with Crippen LogP contribution < -0.4 is 5.32 Å². The summed E-state index contributed by atoms with van der Waals surface area (Å²) in [6.07, 6.45) is 3.45. The normalized spacial score (nSPS) is 24.7. The van der Waals surface area contributed by atoms with Crippen molar-refractivity contribution in [1.29, 1.82) is 0 Å². The molecule has 27 heavy (non-hydrogen) atoms. The van der Waals surface area contributed by atoms with Crippen LogP contribution >= 0.6 is 0 Å². The zero-order valence-corrected chi connectivity index (χ0v) is 16.6. The van der Waals surface area contributed by atoms with Crippen LogP contribution in [0.3, 0.4) is 0 Å². The van der Waals surface area contributed by atoms with Crippen LogP contribution in [0.25, 0.3) is 0 Å². The molecule has 1 aromatic rings. The van der Waals surface area contributed by atoms with E-state index < -0.39 is 32.4 Å². The van der Waals surface area contributed by atoms with Crippen LogP contribution in [0.15, 0.2) is 23.1 Å². The molecule has 0 heterocycles. The Morgan fingerprint density at radius 3 is 2.41 bits per heavy atom. The zero-order chi connectivity index (χ0) is 19.8. The average molecular weight is 394 g/mol. The number of hydrogen-bond acceptors (Lipinski definition) is 4. The van der Waals surface area contributed by atoms with Gasteiger partial charge in [0.25, 0.3) is 0 Å². The summed E-state index contributed by atoms with van der Waals surface area (Å²) in [5, 5.41) is 12.0. The van der Waals surface area contributed by atoms with E-state index in [9.17, 15) is 18.0 Å². The molecule has 0 spiro atoms. The molecule has 0 bridgehead atoms. The van der Waals surface area contributed by atoms with Gasteiger partial charge >= 0.3 is 5.97 Å². The van der Waals surface area contributed by atoms with Gasteiger partial charge in [0.15, 0.2) is 14.6 Å². The molecule has 2 atom stereocenters. The van der Waals surface area contributed by atoms with Gasteiger partial charge in [-0.3, -0.25) is 9.59 Å². The quantitative estimate of drug-likeness (QED) is 0.801. The fourth-order valence-electron chi connectivity index (χ4n) is 4.43. The van der Waals surface area contributed by atoms with Crippen LogP contribution in [-0.2, 0) is 19.4 Å². The van der Waals surface area contributed by atoms with Gasteiger partial charge in [0.1, 0.15) is 0 Å². The van der Waals surface area contributed by atoms with E-state index in [1.165, 1.54) is 0 Å². The predicted molar refractivity (Wildman–Crippen MR) is 101 cm³/mol. The maximum atomic E-state index is 13.6. The predicted octanol–water partition coefficient (Wildman–Crippen LogP) is 2.76. The SMILES string of the molecule is Cc1ccc(C)c(S(=O)(=O)C2(C(=O)N[C@@H]3CC[C@H](C(=O)O)C3)CCCC2)c1. The second kappa shape index (κ2) is 7.26. The highest BCUT2D eigenvalue weighted by atomic mass is 32.2. The number of nitrogens with one attached hydrogen (secondary N) is 1. The average Bonchev–Trinajstić information content (AvgIpc) is 3.27. The molecule has 2 N–H and O–H groups in total. The van der Waals surface area contributed by atoms with Crippen molar-refractivity contribution < 1.29 is 23.1 Å². The van der Waals surface area contributed by atoms with Crippen LogP contribution in [0.1, 0.15) is 56.1 Å². The van der Waals surface area contributed by atoms with Gasteiger partial charge in [-0.25, -0.2) is 8.42 Å². The molecule has 0 aliphatic heterocycles. The molecule has 0 radical (unpaired) electrons. The number of sulfone groups is 1. The van der Waals surface area contributed by atoms with Gasteiger partial charge in [-0.1, -0.05) is 25.0 Å². The molecule has 148 valence electrons. The minimum absolute atomic E-state index is 0.231. The first-order valence-electron chi connectivity index (χ1n) is 9.53. The molecule has 0 unspecified atom stereocenters. The lowest BCUT2D eigenvalue weighted by atomic mass is 10.0. The van der Waals surface area contributed by atoms with Crippen molar-refractivity contribution in [3.63, 3.8) is 0 Å². The molecule has 2 saturated carbocycles. The van der Waals surface area contributed by atoms with Crippen LogP contribution in [0, 0.1) is 19.8 Å². The topological polar surface area (TPSA) is 101 Å². The molecule has 2 aliphatic rings. The summed E-state index contributed by atoms with van der Waals surface area (Å²) in [5.41, 5.74) is 1.49. The summed E-state index contributed by atoms with van der Waals surface area (Å²) in [5.74, 6) is -1.78. The van der Waals surface area contributed by atoms with Gasteiger partial charge in [0.2, 0.25) is 5.91 Å². The van der Waals surface area contributed by atoms with Gasteiger partial charge in [0, 0.05) is 6.04 Å². The Balaban J connectivity index is 1.90. The molecule has 3 rings (SSSR count). The third-order valence-electron chi connectivity index (χ3n) is 6.09. The van der Waals surface area contributed by atoms with Crippen LogP contribution in [0.2, 0.25) is 0 Å². The van der Waals surface area contributed by atoms with E-state index in [0.29, 0.717) is 50.5 Å². The molecule has 6 nitrogen and oxygen atoms in total. The van der Waals surface area contributed by atoms with E-state index in [4.69, 9.17) is 5.11 Å². The summed E-state index contributed by atoms with van der Waals surface area (Å²) >= 11 is 0. The standard InChI is InChI=1S/C20H27NO5S/c1-13-5-6-14(2)17(11-13)27(25,26)20(9-3-4-10-20)19(24)21-16-8-7-15(12-16)18(22)23/h5-6,11,15-16H,3-4,7-10,12H2,1-2H3,(H,21,24)(H,22,23)/t15-,16+/m0/s1. The summed E-state index contributed by atoms with van der Waals surface area (Å²) < 4.78 is 25.7. The minimum Gasteiger partial charge on any atom is -0.481 e. The molecule has 2 aliphatic carbocycles. The van der Waals surface area contributed by atoms with Crippen molar-refractivity contribution in [3.05, 3.63) is 29.3 Å². The van der Waals surface area contributed by atoms with Gasteiger partial charge in [-0.05, 0) is 63.1 Å². The number of hydrogen-bond donors (Lipinski definition) is 2. The monoisotopic (exact) mass is 393 g/mol. The van der Waals surface area contributed by atoms with E-state index in [1.54, 1.807) is 19.1 Å². The molecular weight excluding hydrogens is 366 g/mol. The van der Waals surface area contributed by atoms with E-state index in [2.05, 4.69) is 5.32 Å². The molecule has 2 fully saturated rings. The highest BCUT2D eigenvalue weighted by Gasteiger charge is 2.53. The lowest BCUT2D eigenvalue weighted by molar-refractivity contribution is -0.141. The highest BCUT2D eigenvalue weighted by Crippen LogP contribution is 2.42. The van der Waals surface area contributed by atoms with Crippen molar-refractivity contribution >= 4 is 21.7 Å². The third kappa shape index (κ3) is 3.49. The molecule has 7 heteroatoms. The Morgan fingerprint density at radius 2 is 1.81 bits per heavy atom. The number of carboxylic acids is 1. The Morgan fingerprint density at radius 1 is 1.15 bits per heavy atom. The number of carbonyl (C=O) groups excluding carboxylic acids is 1. The van der Waals surface area contributed by atoms with E-state index in [0.717, 1.165) is 5.56 Å². The fourth-order valence-corrected chi connectivity index (χ4v) is 6.81. The molecular formula is C20H27NO5S. The van der Waals surface area contributed by atoms with Gasteiger partial charge < -0.3 is 10.4 Å². The molecule has 1 aromatic carbocycles. The minimum atomic E-state index is -3.85. The molecule has 0 saturated heterocycles. The zero-order valence-electron chi connectivity index (χ0n) is 15.8. The Bertz CT molecular complexity index is 855. The maximum absolute atomic E-state index is 13.6. The van der Waals surface area contributed by atoms with Crippen molar-refractivity contribution in [2.75, 3.05) is 0 Å². The van der Waals surface area contributed by atoms with Crippen LogP contribution in [0.4, 0.5) is 0 Å². The fraction of sp³-hybridized carbons (Fsp3) is 0.600. The van der Waals surface area contributed by atoms with Gasteiger partial charge in [0.05, 0.1) is 10.8 Å². The lowest BCUT2D eigenvalue weighted by Crippen LogP contribution is -2.53. The lowest BCUT2D eigenvalue weighted by Gasteiger charge is -2.30. The van der Waals surface area contributed by atoms with Gasteiger partial charge in [-0.2, -0.15) is 0 Å². The number of aryl methyl sites for hydroxylation is 2. The van der Waals surface area contributed by atoms with Crippen LogP contribution in [-0.4, -0.2) is 36.2 Å². The van der Waals surface area contributed by atoms with E-state index in [1.807, 2.05) is 13.0 Å². The third-order valence-corrected chi connectivity index (χ3v) is 8.73. The van der Waals surface area contributed by atoms with Crippen LogP contribution in [0.5, 0.6) is 0 Å². The Hall–Kier alpha value is -1.89. The summed E-state index contributed by atoms with van der Waals surface area (Å²) in [4.78, 5) is 24.6. The Labute approximate surface area is 160 Å². The van der Waals surface area contributed by atoms with E-state index in [-0.39, 0.29) is 10.9 Å². The summed E-state index contributed by atoms with van der Waals surface area (Å²) in [6.45, 7) is 3.59. The smallest absolute Gasteiger partial charge is 0.306 e. The number of amides is 1.